The first-order chi connectivity index (χ1) is 5.76. The van der Waals surface area contributed by atoms with Gasteiger partial charge in [-0.25, -0.2) is 0 Å². The van der Waals surface area contributed by atoms with Gasteiger partial charge in [-0.3, -0.25) is 0 Å². The molecular weight excluding hydrogens is 212 g/mol. The van der Waals surface area contributed by atoms with Crippen molar-refractivity contribution in [1.29, 1.82) is 0 Å². The summed E-state index contributed by atoms with van der Waals surface area (Å²) in [6.45, 7) is 11.2. The Morgan fingerprint density at radius 2 is 1.62 bits per heavy atom. The second kappa shape index (κ2) is 3.41. The van der Waals surface area contributed by atoms with Gasteiger partial charge < -0.3 is 0 Å². The van der Waals surface area contributed by atoms with Gasteiger partial charge in [-0.05, 0) is 31.9 Å². The predicted molar refractivity (Wildman–Crippen MR) is 68.1 cm³/mol. The van der Waals surface area contributed by atoms with Crippen LogP contribution in [0.2, 0.25) is 18.6 Å². The Bertz CT molecular complexity index is 295. The summed E-state index contributed by atoms with van der Waals surface area (Å²) in [4.78, 5) is 0. The molecule has 74 valence electrons. The summed E-state index contributed by atoms with van der Waals surface area (Å²) in [5.41, 5.74) is 5.28. The molecule has 0 bridgehead atoms. The van der Waals surface area contributed by atoms with Crippen LogP contribution in [0.5, 0.6) is 0 Å². The van der Waals surface area contributed by atoms with E-state index in [0.29, 0.717) is 0 Å². The van der Waals surface area contributed by atoms with Gasteiger partial charge in [0.1, 0.15) is 0 Å². The molecule has 13 heavy (non-hydrogen) atoms. The first kappa shape index (κ1) is 11.3. The van der Waals surface area contributed by atoms with E-state index in [1.165, 1.54) is 21.4 Å². The maximum atomic E-state index is 6.54. The summed E-state index contributed by atoms with van der Waals surface area (Å²) in [7, 11) is -0.377. The van der Waals surface area contributed by atoms with Crippen molar-refractivity contribution in [3.05, 3.63) is 21.9 Å². The maximum absolute atomic E-state index is 6.54. The summed E-state index contributed by atoms with van der Waals surface area (Å²) in [6, 6.07) is 0. The van der Waals surface area contributed by atoms with Crippen molar-refractivity contribution in [3.63, 3.8) is 0 Å². The molecule has 0 aliphatic heterocycles. The van der Waals surface area contributed by atoms with E-state index in [4.69, 9.17) is 11.1 Å². The lowest BCUT2D eigenvalue weighted by Gasteiger charge is -2.22. The molecule has 1 atom stereocenters. The molecule has 0 aromatic heterocycles. The zero-order valence-electron chi connectivity index (χ0n) is 9.46. The second-order valence-electron chi connectivity index (χ2n) is 4.54. The number of hydrogen-bond acceptors (Lipinski definition) is 0. The van der Waals surface area contributed by atoms with Crippen LogP contribution in [0.15, 0.2) is 21.9 Å². The van der Waals surface area contributed by atoms with Crippen LogP contribution >= 0.6 is 11.1 Å². The minimum absolute atomic E-state index is 0.721. The van der Waals surface area contributed by atoms with Crippen LogP contribution in [0.4, 0.5) is 0 Å². The number of allylic oxidation sites excluding steroid dienone is 4. The van der Waals surface area contributed by atoms with Crippen LogP contribution in [0, 0.1) is 0 Å². The normalized spacial score (nSPS) is 24.9. The van der Waals surface area contributed by atoms with E-state index in [-0.39, 0.29) is 0 Å². The van der Waals surface area contributed by atoms with Gasteiger partial charge in [0.25, 0.3) is 0 Å². The number of halogens is 1. The van der Waals surface area contributed by atoms with Crippen LogP contribution < -0.4 is 0 Å². The molecule has 0 aromatic rings. The Hall–Kier alpha value is 0.204. The lowest BCUT2D eigenvalue weighted by atomic mass is 10.1. The first-order valence-corrected chi connectivity index (χ1v) is 10.0. The van der Waals surface area contributed by atoms with Gasteiger partial charge >= 0.3 is 0 Å². The summed E-state index contributed by atoms with van der Waals surface area (Å²) >= 11 is 6.54. The van der Waals surface area contributed by atoms with E-state index in [1.54, 1.807) is 10.8 Å². The zero-order chi connectivity index (χ0) is 10.4. The average Bonchev–Trinajstić information content (AvgIpc) is 2.14. The summed E-state index contributed by atoms with van der Waals surface area (Å²) in [5, 5.41) is 1.59. The topological polar surface area (TPSA) is 0 Å². The van der Waals surface area contributed by atoms with Gasteiger partial charge in [-0.1, -0.05) is 29.4 Å². The smallest absolute Gasteiger partial charge is 0.162 e. The molecule has 1 aliphatic carbocycles. The SMILES string of the molecule is CC1=C(C)C([SiH3])C([Si](C)(C)Cl)=C1C. The highest BCUT2D eigenvalue weighted by Crippen LogP contribution is 2.44. The third-order valence-electron chi connectivity index (χ3n) is 3.28. The van der Waals surface area contributed by atoms with Gasteiger partial charge in [0.05, 0.1) is 0 Å². The summed E-state index contributed by atoms with van der Waals surface area (Å²) in [5.74, 6) is 0. The molecule has 0 N–H and O–H groups in total. The molecule has 3 heteroatoms. The lowest BCUT2D eigenvalue weighted by Crippen LogP contribution is -2.24. The fourth-order valence-electron chi connectivity index (χ4n) is 2.32. The highest BCUT2D eigenvalue weighted by atomic mass is 35.6. The molecule has 0 saturated heterocycles. The van der Waals surface area contributed by atoms with E-state index < -0.39 is 7.38 Å². The summed E-state index contributed by atoms with van der Waals surface area (Å²) < 4.78 is 0. The van der Waals surface area contributed by atoms with Crippen molar-refractivity contribution < 1.29 is 0 Å². The van der Waals surface area contributed by atoms with E-state index in [2.05, 4.69) is 33.9 Å². The predicted octanol–water partition coefficient (Wildman–Crippen LogP) is 2.79. The van der Waals surface area contributed by atoms with Crippen LogP contribution in [0.1, 0.15) is 20.8 Å². The van der Waals surface area contributed by atoms with Crippen molar-refractivity contribution in [2.45, 2.75) is 39.4 Å². The third kappa shape index (κ3) is 1.85. The van der Waals surface area contributed by atoms with Crippen molar-refractivity contribution in [3.8, 4) is 0 Å². The molecule has 0 saturated carbocycles. The Kier molecular flexibility index (Phi) is 2.96. The molecule has 0 amide bonds. The number of hydrogen-bond donors (Lipinski definition) is 0. The fraction of sp³-hybridized carbons (Fsp3) is 0.600. The maximum Gasteiger partial charge on any atom is 0.177 e. The Morgan fingerprint density at radius 1 is 1.15 bits per heavy atom. The molecule has 1 aliphatic rings. The zero-order valence-corrected chi connectivity index (χ0v) is 13.2. The molecule has 0 nitrogen and oxygen atoms in total. The van der Waals surface area contributed by atoms with Crippen molar-refractivity contribution in [2.75, 3.05) is 0 Å². The fourth-order valence-corrected chi connectivity index (χ4v) is 9.15. The van der Waals surface area contributed by atoms with Crippen LogP contribution in [0.25, 0.3) is 0 Å². The third-order valence-corrected chi connectivity index (χ3v) is 8.00. The van der Waals surface area contributed by atoms with Crippen molar-refractivity contribution in [2.24, 2.45) is 0 Å². The first-order valence-electron chi connectivity index (χ1n) is 4.84. The second-order valence-corrected chi connectivity index (χ2v) is 12.0. The number of rotatable bonds is 1. The van der Waals surface area contributed by atoms with Crippen molar-refractivity contribution >= 4 is 28.7 Å². The van der Waals surface area contributed by atoms with E-state index in [0.717, 1.165) is 5.54 Å². The minimum Gasteiger partial charge on any atom is -0.162 e. The monoisotopic (exact) mass is 230 g/mol. The van der Waals surface area contributed by atoms with Gasteiger partial charge in [0, 0.05) is 10.2 Å². The van der Waals surface area contributed by atoms with Gasteiger partial charge in [-0.15, -0.1) is 0 Å². The van der Waals surface area contributed by atoms with E-state index in [1.807, 2.05) is 0 Å². The van der Waals surface area contributed by atoms with E-state index in [9.17, 15) is 0 Å². The average molecular weight is 231 g/mol. The summed E-state index contributed by atoms with van der Waals surface area (Å²) in [6.07, 6.45) is 0. The lowest BCUT2D eigenvalue weighted by molar-refractivity contribution is 1.18. The Labute approximate surface area is 90.2 Å². The molecule has 0 heterocycles. The quantitative estimate of drug-likeness (QED) is 0.480. The molecule has 0 radical (unpaired) electrons. The van der Waals surface area contributed by atoms with Gasteiger partial charge in [0.2, 0.25) is 0 Å². The van der Waals surface area contributed by atoms with Crippen LogP contribution in [0.3, 0.4) is 0 Å². The van der Waals surface area contributed by atoms with Crippen LogP contribution in [-0.4, -0.2) is 17.6 Å². The highest BCUT2D eigenvalue weighted by molar-refractivity contribution is 7.23. The van der Waals surface area contributed by atoms with Crippen LogP contribution in [-0.2, 0) is 0 Å². The highest BCUT2D eigenvalue weighted by Gasteiger charge is 2.34. The molecule has 1 rings (SSSR count). The molecule has 1 unspecified atom stereocenters. The van der Waals surface area contributed by atoms with Gasteiger partial charge in [0.15, 0.2) is 7.38 Å². The molecule has 0 fully saturated rings. The Morgan fingerprint density at radius 3 is 1.77 bits per heavy atom. The largest absolute Gasteiger partial charge is 0.177 e. The van der Waals surface area contributed by atoms with E-state index >= 15 is 0 Å². The standard InChI is InChI=1S/C10H19ClSi2/c1-6-7(2)9(12)10(8(6)3)13(4,5)11/h9H,1-5,12H3. The minimum atomic E-state index is -1.59. The molecule has 0 spiro atoms. The molecule has 0 aromatic carbocycles. The molecular formula is C10H19ClSi2. The van der Waals surface area contributed by atoms with Crippen molar-refractivity contribution in [1.82, 2.24) is 0 Å². The Balaban J connectivity index is 3.19. The van der Waals surface area contributed by atoms with Gasteiger partial charge in [-0.2, -0.15) is 11.1 Å².